The van der Waals surface area contributed by atoms with Gasteiger partial charge in [0.1, 0.15) is 0 Å². The van der Waals surface area contributed by atoms with E-state index >= 15 is 0 Å². The first-order valence-electron chi connectivity index (χ1n) is 6.58. The fourth-order valence-corrected chi connectivity index (χ4v) is 2.05. The Kier molecular flexibility index (Phi) is 9.49. The minimum absolute atomic E-state index is 0.857. The topological polar surface area (TPSA) is 3.24 Å². The molecule has 1 nitrogen and oxygen atoms in total. The number of piperidine rings is 1. The van der Waals surface area contributed by atoms with Crippen molar-refractivity contribution < 1.29 is 0 Å². The number of hydrogen-bond acceptors (Lipinski definition) is 1. The van der Waals surface area contributed by atoms with Crippen molar-refractivity contribution in [2.75, 3.05) is 13.1 Å². The van der Waals surface area contributed by atoms with Gasteiger partial charge in [0, 0.05) is 6.04 Å². The Morgan fingerprint density at radius 1 is 1.14 bits per heavy atom. The van der Waals surface area contributed by atoms with Crippen molar-refractivity contribution in [3.05, 3.63) is 0 Å². The monoisotopic (exact) mass is 199 g/mol. The maximum Gasteiger partial charge on any atom is 0.00669 e. The fraction of sp³-hybridized carbons (Fsp3) is 1.00. The molecule has 0 saturated carbocycles. The molecule has 86 valence electrons. The lowest BCUT2D eigenvalue weighted by atomic mass is 10.0. The van der Waals surface area contributed by atoms with Crippen LogP contribution in [0.2, 0.25) is 0 Å². The summed E-state index contributed by atoms with van der Waals surface area (Å²) in [6.07, 6.45) is 8.46. The lowest BCUT2D eigenvalue weighted by Crippen LogP contribution is -2.37. The van der Waals surface area contributed by atoms with Gasteiger partial charge < -0.3 is 4.90 Å². The van der Waals surface area contributed by atoms with Crippen LogP contribution >= 0.6 is 0 Å². The largest absolute Gasteiger partial charge is 0.301 e. The predicted octanol–water partition coefficient (Wildman–Crippen LogP) is 4.08. The summed E-state index contributed by atoms with van der Waals surface area (Å²) in [5, 5.41) is 0. The molecular weight excluding hydrogens is 170 g/mol. The molecule has 0 aromatic heterocycles. The van der Waals surface area contributed by atoms with Gasteiger partial charge in [0.15, 0.2) is 0 Å². The van der Waals surface area contributed by atoms with E-state index in [1.165, 1.54) is 51.6 Å². The van der Waals surface area contributed by atoms with E-state index in [9.17, 15) is 0 Å². The van der Waals surface area contributed by atoms with Crippen LogP contribution in [-0.4, -0.2) is 24.0 Å². The van der Waals surface area contributed by atoms with E-state index in [1.807, 2.05) is 13.8 Å². The van der Waals surface area contributed by atoms with Gasteiger partial charge in [0.25, 0.3) is 0 Å². The number of hydrogen-bond donors (Lipinski definition) is 0. The molecule has 0 radical (unpaired) electrons. The molecule has 1 heterocycles. The quantitative estimate of drug-likeness (QED) is 0.617. The maximum atomic E-state index is 2.67. The molecule has 1 aliphatic heterocycles. The third-order valence-corrected chi connectivity index (χ3v) is 2.99. The first-order chi connectivity index (χ1) is 6.84. The Morgan fingerprint density at radius 2 is 1.86 bits per heavy atom. The van der Waals surface area contributed by atoms with Crippen molar-refractivity contribution in [2.24, 2.45) is 0 Å². The standard InChI is InChI=1S/C11H23N.C2H6/c1-3-4-6-9-12-10-7-5-8-11(12)2;1-2/h11H,3-10H2,1-2H3;1-2H3. The second kappa shape index (κ2) is 9.51. The fourth-order valence-electron chi connectivity index (χ4n) is 2.05. The zero-order chi connectivity index (χ0) is 10.8. The lowest BCUT2D eigenvalue weighted by Gasteiger charge is -2.33. The van der Waals surface area contributed by atoms with E-state index in [-0.39, 0.29) is 0 Å². The highest BCUT2D eigenvalue weighted by atomic mass is 15.1. The number of likely N-dealkylation sites (tertiary alicyclic amines) is 1. The van der Waals surface area contributed by atoms with Crippen LogP contribution in [0, 0.1) is 0 Å². The summed E-state index contributed by atoms with van der Waals surface area (Å²) in [5.41, 5.74) is 0. The summed E-state index contributed by atoms with van der Waals surface area (Å²) < 4.78 is 0. The van der Waals surface area contributed by atoms with Gasteiger partial charge in [-0.25, -0.2) is 0 Å². The molecular formula is C13H29N. The van der Waals surface area contributed by atoms with Crippen molar-refractivity contribution in [1.29, 1.82) is 0 Å². The van der Waals surface area contributed by atoms with Gasteiger partial charge in [-0.2, -0.15) is 0 Å². The van der Waals surface area contributed by atoms with E-state index in [2.05, 4.69) is 18.7 Å². The highest BCUT2D eigenvalue weighted by Gasteiger charge is 2.16. The normalized spacial score (nSPS) is 22.7. The summed E-state index contributed by atoms with van der Waals surface area (Å²) in [7, 11) is 0. The van der Waals surface area contributed by atoms with E-state index in [0.29, 0.717) is 0 Å². The number of unbranched alkanes of at least 4 members (excludes halogenated alkanes) is 2. The molecule has 0 bridgehead atoms. The van der Waals surface area contributed by atoms with Gasteiger partial charge in [-0.05, 0) is 39.3 Å². The minimum Gasteiger partial charge on any atom is -0.301 e. The zero-order valence-corrected chi connectivity index (χ0v) is 10.7. The van der Waals surface area contributed by atoms with Crippen LogP contribution in [-0.2, 0) is 0 Å². The third kappa shape index (κ3) is 5.64. The molecule has 1 heteroatoms. The van der Waals surface area contributed by atoms with Crippen LogP contribution in [0.3, 0.4) is 0 Å². The predicted molar refractivity (Wildman–Crippen MR) is 65.8 cm³/mol. The molecule has 1 unspecified atom stereocenters. The molecule has 14 heavy (non-hydrogen) atoms. The van der Waals surface area contributed by atoms with E-state index in [1.54, 1.807) is 0 Å². The third-order valence-electron chi connectivity index (χ3n) is 2.99. The number of rotatable bonds is 4. The Morgan fingerprint density at radius 3 is 2.43 bits per heavy atom. The van der Waals surface area contributed by atoms with Crippen LogP contribution in [0.15, 0.2) is 0 Å². The van der Waals surface area contributed by atoms with E-state index < -0.39 is 0 Å². The van der Waals surface area contributed by atoms with Crippen molar-refractivity contribution in [2.45, 2.75) is 72.3 Å². The second-order valence-electron chi connectivity index (χ2n) is 4.09. The molecule has 0 aromatic rings. The SMILES string of the molecule is CC.CCCCCN1CCCCC1C. The number of nitrogens with zero attached hydrogens (tertiary/aromatic N) is 1. The first-order valence-corrected chi connectivity index (χ1v) is 6.58. The van der Waals surface area contributed by atoms with Crippen LogP contribution in [0.5, 0.6) is 0 Å². The Bertz CT molecular complexity index is 112. The smallest absolute Gasteiger partial charge is 0.00669 e. The van der Waals surface area contributed by atoms with Gasteiger partial charge in [0.05, 0.1) is 0 Å². The molecule has 1 rings (SSSR count). The first kappa shape index (κ1) is 14.0. The van der Waals surface area contributed by atoms with Crippen molar-refractivity contribution in [3.8, 4) is 0 Å². The Hall–Kier alpha value is -0.0400. The highest BCUT2D eigenvalue weighted by Crippen LogP contribution is 2.16. The lowest BCUT2D eigenvalue weighted by molar-refractivity contribution is 0.158. The molecule has 1 aliphatic rings. The average Bonchev–Trinajstić information content (AvgIpc) is 2.24. The van der Waals surface area contributed by atoms with Gasteiger partial charge in [-0.15, -0.1) is 0 Å². The van der Waals surface area contributed by atoms with Crippen LogP contribution < -0.4 is 0 Å². The Labute approximate surface area is 90.9 Å². The summed E-state index contributed by atoms with van der Waals surface area (Å²) in [6, 6.07) is 0.857. The van der Waals surface area contributed by atoms with Crippen molar-refractivity contribution in [3.63, 3.8) is 0 Å². The molecule has 0 aromatic carbocycles. The molecule has 0 amide bonds. The molecule has 0 aliphatic carbocycles. The van der Waals surface area contributed by atoms with E-state index in [4.69, 9.17) is 0 Å². The van der Waals surface area contributed by atoms with Gasteiger partial charge in [-0.1, -0.05) is 40.0 Å². The van der Waals surface area contributed by atoms with Gasteiger partial charge in [-0.3, -0.25) is 0 Å². The summed E-state index contributed by atoms with van der Waals surface area (Å²) in [5.74, 6) is 0. The van der Waals surface area contributed by atoms with Crippen molar-refractivity contribution in [1.82, 2.24) is 4.90 Å². The molecule has 1 saturated heterocycles. The minimum atomic E-state index is 0.857. The van der Waals surface area contributed by atoms with Crippen LogP contribution in [0.4, 0.5) is 0 Å². The van der Waals surface area contributed by atoms with Crippen LogP contribution in [0.1, 0.15) is 66.2 Å². The van der Waals surface area contributed by atoms with Crippen LogP contribution in [0.25, 0.3) is 0 Å². The van der Waals surface area contributed by atoms with E-state index in [0.717, 1.165) is 6.04 Å². The summed E-state index contributed by atoms with van der Waals surface area (Å²) in [4.78, 5) is 2.67. The van der Waals surface area contributed by atoms with Gasteiger partial charge in [0.2, 0.25) is 0 Å². The maximum absolute atomic E-state index is 2.67. The molecule has 0 N–H and O–H groups in total. The average molecular weight is 199 g/mol. The summed E-state index contributed by atoms with van der Waals surface area (Å²) in [6.45, 7) is 11.4. The molecule has 1 atom stereocenters. The second-order valence-corrected chi connectivity index (χ2v) is 4.09. The van der Waals surface area contributed by atoms with Gasteiger partial charge >= 0.3 is 0 Å². The summed E-state index contributed by atoms with van der Waals surface area (Å²) >= 11 is 0. The molecule has 0 spiro atoms. The highest BCUT2D eigenvalue weighted by molar-refractivity contribution is 4.72. The Balaban J connectivity index is 0.000000791. The zero-order valence-electron chi connectivity index (χ0n) is 10.7. The molecule has 1 fully saturated rings. The van der Waals surface area contributed by atoms with Crippen molar-refractivity contribution >= 4 is 0 Å².